The predicted octanol–water partition coefficient (Wildman–Crippen LogP) is 9.30. The van der Waals surface area contributed by atoms with Gasteiger partial charge in [0.1, 0.15) is 5.70 Å². The van der Waals surface area contributed by atoms with Crippen molar-refractivity contribution in [3.8, 4) is 0 Å². The zero-order valence-corrected chi connectivity index (χ0v) is 30.5. The molecular formula is C36H28Cl4N4O5S. The Morgan fingerprint density at radius 1 is 0.800 bits per heavy atom. The molecule has 2 unspecified atom stereocenters. The maximum absolute atomic E-state index is 13.7. The zero-order valence-electron chi connectivity index (χ0n) is 26.7. The molecule has 50 heavy (non-hydrogen) atoms. The molecule has 4 aromatic rings. The molecule has 1 aliphatic heterocycles. The number of aliphatic imine (C=N–C) groups is 1. The number of carbonyl (C=O) groups excluding carboxylic acids is 4. The Kier molecular flexibility index (Phi) is 11.9. The van der Waals surface area contributed by atoms with Gasteiger partial charge in [-0.05, 0) is 80.9 Å². The second-order valence-electron chi connectivity index (χ2n) is 11.0. The number of nitrogens with one attached hydrogen (secondary N) is 2. The lowest BCUT2D eigenvalue weighted by Gasteiger charge is -2.20. The first-order valence-corrected chi connectivity index (χ1v) is 17.4. The van der Waals surface area contributed by atoms with Crippen LogP contribution in [0, 0.1) is 6.92 Å². The highest BCUT2D eigenvalue weighted by Gasteiger charge is 2.34. The summed E-state index contributed by atoms with van der Waals surface area (Å²) in [5.41, 5.74) is 3.12. The van der Waals surface area contributed by atoms with Gasteiger partial charge in [0.2, 0.25) is 5.91 Å². The van der Waals surface area contributed by atoms with Crippen LogP contribution in [0.25, 0.3) is 6.08 Å². The largest absolute Gasteiger partial charge is 0.449 e. The van der Waals surface area contributed by atoms with Crippen LogP contribution in [-0.2, 0) is 19.1 Å². The van der Waals surface area contributed by atoms with E-state index in [0.717, 1.165) is 17.3 Å². The smallest absolute Gasteiger partial charge is 0.338 e. The van der Waals surface area contributed by atoms with Crippen LogP contribution in [-0.4, -0.2) is 40.2 Å². The Morgan fingerprint density at radius 3 is 1.94 bits per heavy atom. The van der Waals surface area contributed by atoms with Gasteiger partial charge in [0.05, 0.1) is 48.0 Å². The molecule has 3 amide bonds. The summed E-state index contributed by atoms with van der Waals surface area (Å²) in [6.45, 7) is 5.06. The van der Waals surface area contributed by atoms with Crippen LogP contribution < -0.4 is 15.5 Å². The molecule has 2 N–H and O–H groups in total. The monoisotopic (exact) mass is 768 g/mol. The van der Waals surface area contributed by atoms with E-state index in [-0.39, 0.29) is 37.9 Å². The number of hydrogen-bond acceptors (Lipinski definition) is 7. The molecule has 0 saturated heterocycles. The first-order valence-electron chi connectivity index (χ1n) is 15.0. The number of thioether (sulfide) groups is 1. The minimum atomic E-state index is -1.14. The third-order valence-electron chi connectivity index (χ3n) is 7.29. The van der Waals surface area contributed by atoms with E-state index in [1.54, 1.807) is 73.7 Å². The minimum absolute atomic E-state index is 0.124. The molecule has 5 rings (SSSR count). The normalized spacial score (nSPS) is 14.6. The van der Waals surface area contributed by atoms with Crippen molar-refractivity contribution in [3.63, 3.8) is 0 Å². The standard InChI is InChI=1S/C36H28Cl4N4O5S/c1-19-10-16-24(17-11-19)44-34(47)29(43-36(44)50-21(3)33(46)42-28-9-5-7-26(38)31(28)40)18-22-12-14-23(15-13-22)35(48)49-20(2)32(45)41-27-8-4-6-25(37)30(27)39/h4-18,20-21H,1-3H3,(H,41,45)(H,42,46)/b29-18-. The number of hydrogen-bond donors (Lipinski definition) is 2. The molecule has 1 heterocycles. The highest BCUT2D eigenvalue weighted by molar-refractivity contribution is 8.15. The number of aryl methyl sites for hydroxylation is 1. The van der Waals surface area contributed by atoms with Crippen molar-refractivity contribution in [3.05, 3.63) is 127 Å². The molecule has 256 valence electrons. The van der Waals surface area contributed by atoms with Gasteiger partial charge in [0.15, 0.2) is 11.3 Å². The van der Waals surface area contributed by atoms with E-state index in [9.17, 15) is 19.2 Å². The molecule has 0 saturated carbocycles. The molecule has 14 heteroatoms. The van der Waals surface area contributed by atoms with E-state index < -0.39 is 29.1 Å². The predicted molar refractivity (Wildman–Crippen MR) is 203 cm³/mol. The molecule has 0 radical (unpaired) electrons. The molecule has 0 aromatic heterocycles. The Morgan fingerprint density at radius 2 is 1.36 bits per heavy atom. The average molecular weight is 771 g/mol. The molecular weight excluding hydrogens is 742 g/mol. The molecule has 0 spiro atoms. The van der Waals surface area contributed by atoms with Gasteiger partial charge in [-0.2, -0.15) is 0 Å². The SMILES string of the molecule is Cc1ccc(N2C(=O)/C(=C/c3ccc(C(=O)OC(C)C(=O)Nc4cccc(Cl)c4Cl)cc3)N=C2SC(C)C(=O)Nc2cccc(Cl)c2Cl)cc1. The summed E-state index contributed by atoms with van der Waals surface area (Å²) < 4.78 is 5.35. The van der Waals surface area contributed by atoms with Crippen LogP contribution in [0.3, 0.4) is 0 Å². The van der Waals surface area contributed by atoms with Crippen molar-refractivity contribution in [2.45, 2.75) is 32.1 Å². The maximum Gasteiger partial charge on any atom is 0.338 e. The average Bonchev–Trinajstić information content (AvgIpc) is 3.39. The molecule has 0 bridgehead atoms. The molecule has 0 aliphatic carbocycles. The minimum Gasteiger partial charge on any atom is -0.449 e. The van der Waals surface area contributed by atoms with Crippen LogP contribution in [0.2, 0.25) is 20.1 Å². The summed E-state index contributed by atoms with van der Waals surface area (Å²) in [5.74, 6) is -2.08. The summed E-state index contributed by atoms with van der Waals surface area (Å²) >= 11 is 25.6. The first kappa shape index (κ1) is 36.9. The van der Waals surface area contributed by atoms with Crippen molar-refractivity contribution in [1.82, 2.24) is 0 Å². The Balaban J connectivity index is 1.30. The second kappa shape index (κ2) is 16.1. The van der Waals surface area contributed by atoms with Crippen molar-refractivity contribution in [2.24, 2.45) is 4.99 Å². The van der Waals surface area contributed by atoms with Gasteiger partial charge in [-0.3, -0.25) is 19.3 Å². The summed E-state index contributed by atoms with van der Waals surface area (Å²) in [5, 5.41) is 5.95. The summed E-state index contributed by atoms with van der Waals surface area (Å²) in [6.07, 6.45) is 0.438. The number of halogens is 4. The quantitative estimate of drug-likeness (QED) is 0.130. The molecule has 0 fully saturated rings. The fourth-order valence-electron chi connectivity index (χ4n) is 4.53. The number of amidine groups is 1. The van der Waals surface area contributed by atoms with Gasteiger partial charge in [0.25, 0.3) is 11.8 Å². The maximum atomic E-state index is 13.7. The fourth-order valence-corrected chi connectivity index (χ4v) is 6.16. The van der Waals surface area contributed by atoms with Crippen LogP contribution in [0.15, 0.2) is 95.6 Å². The Labute approximate surface area is 312 Å². The van der Waals surface area contributed by atoms with Crippen LogP contribution in [0.4, 0.5) is 17.1 Å². The highest BCUT2D eigenvalue weighted by Crippen LogP contribution is 2.34. The lowest BCUT2D eigenvalue weighted by atomic mass is 10.1. The van der Waals surface area contributed by atoms with E-state index in [2.05, 4.69) is 15.6 Å². The topological polar surface area (TPSA) is 117 Å². The summed E-state index contributed by atoms with van der Waals surface area (Å²) in [7, 11) is 0. The van der Waals surface area contributed by atoms with Gasteiger partial charge >= 0.3 is 5.97 Å². The van der Waals surface area contributed by atoms with E-state index >= 15 is 0 Å². The van der Waals surface area contributed by atoms with E-state index in [0.29, 0.717) is 27.1 Å². The van der Waals surface area contributed by atoms with Crippen molar-refractivity contribution >= 4 is 110 Å². The first-order chi connectivity index (χ1) is 23.8. The Bertz CT molecular complexity index is 2040. The third kappa shape index (κ3) is 8.69. The number of ether oxygens (including phenoxy) is 1. The number of anilines is 3. The number of carbonyl (C=O) groups is 4. The number of benzene rings is 4. The highest BCUT2D eigenvalue weighted by atomic mass is 35.5. The molecule has 1 aliphatic rings. The number of rotatable bonds is 9. The van der Waals surface area contributed by atoms with Crippen molar-refractivity contribution in [1.29, 1.82) is 0 Å². The second-order valence-corrected chi connectivity index (χ2v) is 13.9. The van der Waals surface area contributed by atoms with Crippen LogP contribution in [0.1, 0.15) is 35.3 Å². The molecule has 9 nitrogen and oxygen atoms in total. The lowest BCUT2D eigenvalue weighted by Crippen LogP contribution is -2.33. The van der Waals surface area contributed by atoms with Gasteiger partial charge < -0.3 is 15.4 Å². The number of nitrogens with zero attached hydrogens (tertiary/aromatic N) is 2. The summed E-state index contributed by atoms with van der Waals surface area (Å²) in [4.78, 5) is 58.4. The zero-order chi connectivity index (χ0) is 36.1. The van der Waals surface area contributed by atoms with Crippen LogP contribution in [0.5, 0.6) is 0 Å². The van der Waals surface area contributed by atoms with Gasteiger partial charge in [-0.25, -0.2) is 9.79 Å². The van der Waals surface area contributed by atoms with Gasteiger partial charge in [-0.1, -0.05) is 100 Å². The number of amides is 3. The van der Waals surface area contributed by atoms with Gasteiger partial charge in [0, 0.05) is 0 Å². The lowest BCUT2D eigenvalue weighted by molar-refractivity contribution is -0.123. The van der Waals surface area contributed by atoms with E-state index in [1.165, 1.54) is 24.0 Å². The molecule has 2 atom stereocenters. The molecule has 4 aromatic carbocycles. The Hall–Kier alpha value is -4.32. The van der Waals surface area contributed by atoms with E-state index in [4.69, 9.17) is 51.1 Å². The number of esters is 1. The van der Waals surface area contributed by atoms with Crippen LogP contribution >= 0.6 is 58.2 Å². The summed E-state index contributed by atoms with van der Waals surface area (Å²) in [6, 6.07) is 23.3. The van der Waals surface area contributed by atoms with E-state index in [1.807, 2.05) is 19.1 Å². The fraction of sp³-hybridized carbons (Fsp3) is 0.139. The van der Waals surface area contributed by atoms with Crippen molar-refractivity contribution < 1.29 is 23.9 Å². The third-order valence-corrected chi connectivity index (χ3v) is 9.99. The van der Waals surface area contributed by atoms with Crippen molar-refractivity contribution in [2.75, 3.05) is 15.5 Å². The van der Waals surface area contributed by atoms with Gasteiger partial charge in [-0.15, -0.1) is 0 Å².